The number of aromatic nitrogens is 3. The van der Waals surface area contributed by atoms with E-state index in [2.05, 4.69) is 29.0 Å². The van der Waals surface area contributed by atoms with Crippen LogP contribution in [0.5, 0.6) is 0 Å². The molecule has 1 atom stereocenters. The van der Waals surface area contributed by atoms with Crippen molar-refractivity contribution in [1.29, 1.82) is 0 Å². The lowest BCUT2D eigenvalue weighted by Gasteiger charge is -2.10. The highest BCUT2D eigenvalue weighted by molar-refractivity contribution is 6.32. The second-order valence-electron chi connectivity index (χ2n) is 4.94. The molecule has 0 saturated carbocycles. The Bertz CT molecular complexity index is 541. The third-order valence-electron chi connectivity index (χ3n) is 2.65. The van der Waals surface area contributed by atoms with Gasteiger partial charge in [-0.2, -0.15) is 4.98 Å². The second-order valence-corrected chi connectivity index (χ2v) is 5.35. The van der Waals surface area contributed by atoms with Gasteiger partial charge in [-0.15, -0.1) is 0 Å². The molecular weight excluding hydrogens is 264 g/mol. The first-order valence-corrected chi connectivity index (χ1v) is 6.63. The molecule has 0 bridgehead atoms. The molecule has 0 fully saturated rings. The Morgan fingerprint density at radius 1 is 1.42 bits per heavy atom. The molecule has 0 saturated heterocycles. The van der Waals surface area contributed by atoms with Crippen LogP contribution < -0.4 is 5.73 Å². The van der Waals surface area contributed by atoms with Gasteiger partial charge in [-0.05, 0) is 24.5 Å². The van der Waals surface area contributed by atoms with Crippen molar-refractivity contribution in [1.82, 2.24) is 15.1 Å². The van der Waals surface area contributed by atoms with Crippen LogP contribution in [0.3, 0.4) is 0 Å². The van der Waals surface area contributed by atoms with Crippen molar-refractivity contribution in [2.75, 3.05) is 0 Å². The fourth-order valence-corrected chi connectivity index (χ4v) is 2.10. The summed E-state index contributed by atoms with van der Waals surface area (Å²) in [4.78, 5) is 8.43. The highest BCUT2D eigenvalue weighted by Gasteiger charge is 2.15. The summed E-state index contributed by atoms with van der Waals surface area (Å²) in [6.45, 7) is 4.26. The molecule has 2 heterocycles. The Balaban J connectivity index is 2.09. The largest absolute Gasteiger partial charge is 0.339 e. The Morgan fingerprint density at radius 2 is 2.21 bits per heavy atom. The molecule has 0 aromatic carbocycles. The fraction of sp³-hybridized carbons (Fsp3) is 0.462. The number of nitrogens with two attached hydrogens (primary N) is 1. The lowest BCUT2D eigenvalue weighted by atomic mass is 10.0. The molecule has 5 nitrogen and oxygen atoms in total. The van der Waals surface area contributed by atoms with Crippen LogP contribution in [0, 0.1) is 5.92 Å². The lowest BCUT2D eigenvalue weighted by Crippen LogP contribution is -2.24. The summed E-state index contributed by atoms with van der Waals surface area (Å²) in [6, 6.07) is 3.52. The molecular formula is C13H17ClN4O. The number of halogens is 1. The van der Waals surface area contributed by atoms with Crippen molar-refractivity contribution in [3.05, 3.63) is 29.2 Å². The Hall–Kier alpha value is -1.46. The zero-order chi connectivity index (χ0) is 13.8. The molecule has 2 rings (SSSR count). The molecule has 0 spiro atoms. The fourth-order valence-electron chi connectivity index (χ4n) is 1.90. The van der Waals surface area contributed by atoms with E-state index in [1.807, 2.05) is 0 Å². The summed E-state index contributed by atoms with van der Waals surface area (Å²) in [5, 5.41) is 4.39. The first-order valence-electron chi connectivity index (χ1n) is 6.25. The molecule has 0 aliphatic heterocycles. The van der Waals surface area contributed by atoms with Crippen LogP contribution in [0.2, 0.25) is 5.02 Å². The molecule has 6 heteroatoms. The molecule has 2 aromatic heterocycles. The summed E-state index contributed by atoms with van der Waals surface area (Å²) in [5.41, 5.74) is 6.54. The molecule has 0 aliphatic carbocycles. The van der Waals surface area contributed by atoms with Crippen molar-refractivity contribution in [2.24, 2.45) is 11.7 Å². The number of nitrogens with zero attached hydrogens (tertiary/aromatic N) is 3. The first kappa shape index (κ1) is 14.0. The van der Waals surface area contributed by atoms with Gasteiger partial charge >= 0.3 is 0 Å². The van der Waals surface area contributed by atoms with Gasteiger partial charge in [-0.3, -0.25) is 4.98 Å². The minimum atomic E-state index is 0.0208. The Morgan fingerprint density at radius 3 is 2.89 bits per heavy atom. The van der Waals surface area contributed by atoms with Gasteiger partial charge in [0.1, 0.15) is 5.69 Å². The number of hydrogen-bond donors (Lipinski definition) is 1. The maximum absolute atomic E-state index is 6.03. The molecule has 2 N–H and O–H groups in total. The van der Waals surface area contributed by atoms with Crippen molar-refractivity contribution in [3.8, 4) is 11.5 Å². The molecule has 0 amide bonds. The van der Waals surface area contributed by atoms with Gasteiger partial charge in [-0.1, -0.05) is 30.6 Å². The van der Waals surface area contributed by atoms with Gasteiger partial charge < -0.3 is 10.3 Å². The van der Waals surface area contributed by atoms with Crippen LogP contribution in [0.4, 0.5) is 0 Å². The van der Waals surface area contributed by atoms with E-state index in [0.717, 1.165) is 6.42 Å². The summed E-state index contributed by atoms with van der Waals surface area (Å²) >= 11 is 6.03. The van der Waals surface area contributed by atoms with E-state index in [1.165, 1.54) is 0 Å². The van der Waals surface area contributed by atoms with Gasteiger partial charge in [0.25, 0.3) is 0 Å². The Kier molecular flexibility index (Phi) is 4.50. The summed E-state index contributed by atoms with van der Waals surface area (Å²) in [6.07, 6.45) is 3.12. The van der Waals surface area contributed by atoms with E-state index in [0.29, 0.717) is 34.8 Å². The van der Waals surface area contributed by atoms with Crippen molar-refractivity contribution >= 4 is 11.6 Å². The number of rotatable bonds is 5. The van der Waals surface area contributed by atoms with Crippen LogP contribution in [-0.4, -0.2) is 21.2 Å². The predicted molar refractivity (Wildman–Crippen MR) is 73.7 cm³/mol. The maximum atomic E-state index is 6.03. The molecule has 0 aliphatic rings. The average Bonchev–Trinajstić information content (AvgIpc) is 2.76. The van der Waals surface area contributed by atoms with Crippen molar-refractivity contribution in [2.45, 2.75) is 32.7 Å². The topological polar surface area (TPSA) is 77.8 Å². The van der Waals surface area contributed by atoms with Gasteiger partial charge in [0.2, 0.25) is 11.7 Å². The summed E-state index contributed by atoms with van der Waals surface area (Å²) in [7, 11) is 0. The third kappa shape index (κ3) is 3.75. The normalized spacial score (nSPS) is 12.9. The summed E-state index contributed by atoms with van der Waals surface area (Å²) in [5.74, 6) is 1.46. The molecule has 0 radical (unpaired) electrons. The van der Waals surface area contributed by atoms with E-state index in [-0.39, 0.29) is 6.04 Å². The third-order valence-corrected chi connectivity index (χ3v) is 2.95. The predicted octanol–water partition coefficient (Wildman–Crippen LogP) is 2.70. The van der Waals surface area contributed by atoms with Gasteiger partial charge in [0, 0.05) is 18.7 Å². The zero-order valence-corrected chi connectivity index (χ0v) is 11.8. The van der Waals surface area contributed by atoms with E-state index in [9.17, 15) is 0 Å². The van der Waals surface area contributed by atoms with Crippen LogP contribution in [-0.2, 0) is 6.42 Å². The minimum absolute atomic E-state index is 0.0208. The Labute approximate surface area is 117 Å². The van der Waals surface area contributed by atoms with Crippen molar-refractivity contribution in [3.63, 3.8) is 0 Å². The second kappa shape index (κ2) is 6.12. The highest BCUT2D eigenvalue weighted by Crippen LogP contribution is 2.22. The highest BCUT2D eigenvalue weighted by atomic mass is 35.5. The smallest absolute Gasteiger partial charge is 0.228 e. The van der Waals surface area contributed by atoms with E-state index in [1.54, 1.807) is 18.3 Å². The molecule has 102 valence electrons. The van der Waals surface area contributed by atoms with Gasteiger partial charge in [0.15, 0.2) is 0 Å². The van der Waals surface area contributed by atoms with Crippen LogP contribution >= 0.6 is 11.6 Å². The van der Waals surface area contributed by atoms with E-state index >= 15 is 0 Å². The zero-order valence-electron chi connectivity index (χ0n) is 11.0. The lowest BCUT2D eigenvalue weighted by molar-refractivity contribution is 0.359. The van der Waals surface area contributed by atoms with Gasteiger partial charge in [0.05, 0.1) is 5.02 Å². The van der Waals surface area contributed by atoms with Gasteiger partial charge in [-0.25, -0.2) is 0 Å². The maximum Gasteiger partial charge on any atom is 0.228 e. The monoisotopic (exact) mass is 280 g/mol. The average molecular weight is 281 g/mol. The molecule has 19 heavy (non-hydrogen) atoms. The van der Waals surface area contributed by atoms with Crippen LogP contribution in [0.15, 0.2) is 22.9 Å². The van der Waals surface area contributed by atoms with Crippen LogP contribution in [0.1, 0.15) is 26.2 Å². The SMILES string of the molecule is CC(C)CC(N)Cc1nc(-c2ncccc2Cl)no1. The van der Waals surface area contributed by atoms with E-state index in [4.69, 9.17) is 21.9 Å². The molecule has 1 unspecified atom stereocenters. The first-order chi connectivity index (χ1) is 9.06. The van der Waals surface area contributed by atoms with Crippen molar-refractivity contribution < 1.29 is 4.52 Å². The quantitative estimate of drug-likeness (QED) is 0.911. The standard InChI is InChI=1S/C13H17ClN4O/c1-8(2)6-9(15)7-11-17-13(18-19-11)12-10(14)4-3-5-16-12/h3-5,8-9H,6-7,15H2,1-2H3. The number of hydrogen-bond acceptors (Lipinski definition) is 5. The van der Waals surface area contributed by atoms with E-state index < -0.39 is 0 Å². The summed E-state index contributed by atoms with van der Waals surface area (Å²) < 4.78 is 5.19. The van der Waals surface area contributed by atoms with Crippen LogP contribution in [0.25, 0.3) is 11.5 Å². The molecule has 2 aromatic rings. The minimum Gasteiger partial charge on any atom is -0.339 e. The number of pyridine rings is 1.